The second kappa shape index (κ2) is 21.9. The normalized spacial score (nSPS) is 19.2. The number of likely N-dealkylation sites (tertiary alicyclic amines) is 2. The molecule has 2 amide bonds. The Hall–Kier alpha value is -1.03. The number of carbonyl (C=O) groups is 2. The lowest BCUT2D eigenvalue weighted by Gasteiger charge is -2.22. The standard InChI is InChI=1S/2C13H25NO2.H3O4P/c2*1-2-3-4-5-6-9-13(16)14-10-7-8-12(14)11-15;1-5(2,3)4/h2*12,15H,2-11H2,1H3;(H3,1,2,3,4)/t2*12-;/m00./s1. The maximum absolute atomic E-state index is 11.9. The minimum Gasteiger partial charge on any atom is -0.394 e. The molecule has 0 aromatic rings. The lowest BCUT2D eigenvalue weighted by Crippen LogP contribution is -2.37. The Kier molecular flexibility index (Phi) is 21.2. The van der Waals surface area contributed by atoms with E-state index in [9.17, 15) is 9.59 Å². The van der Waals surface area contributed by atoms with E-state index >= 15 is 0 Å². The van der Waals surface area contributed by atoms with Crippen molar-refractivity contribution in [1.29, 1.82) is 0 Å². The number of rotatable bonds is 14. The lowest BCUT2D eigenvalue weighted by molar-refractivity contribution is -0.133. The molecule has 0 aromatic carbocycles. The summed E-state index contributed by atoms with van der Waals surface area (Å²) in [6, 6.07) is 0.200. The number of aliphatic hydroxyl groups is 2. The second-order valence-corrected chi connectivity index (χ2v) is 11.0. The van der Waals surface area contributed by atoms with E-state index in [4.69, 9.17) is 29.5 Å². The Morgan fingerprint density at radius 3 is 1.30 bits per heavy atom. The van der Waals surface area contributed by atoms with Gasteiger partial charge in [0.05, 0.1) is 25.3 Å². The van der Waals surface area contributed by atoms with Crippen molar-refractivity contribution in [3.05, 3.63) is 0 Å². The van der Waals surface area contributed by atoms with Crippen molar-refractivity contribution in [3.63, 3.8) is 0 Å². The zero-order valence-corrected chi connectivity index (χ0v) is 24.0. The van der Waals surface area contributed by atoms with Crippen molar-refractivity contribution < 1.29 is 39.0 Å². The van der Waals surface area contributed by atoms with Crippen LogP contribution in [-0.2, 0) is 14.2 Å². The Morgan fingerprint density at radius 2 is 1.00 bits per heavy atom. The molecule has 2 heterocycles. The van der Waals surface area contributed by atoms with Gasteiger partial charge in [-0.15, -0.1) is 0 Å². The molecule has 37 heavy (non-hydrogen) atoms. The molecule has 2 atom stereocenters. The summed E-state index contributed by atoms with van der Waals surface area (Å²) in [7, 11) is -4.64. The van der Waals surface area contributed by atoms with Gasteiger partial charge in [0.2, 0.25) is 11.8 Å². The average molecular weight is 553 g/mol. The van der Waals surface area contributed by atoms with Crippen molar-refractivity contribution in [2.24, 2.45) is 0 Å². The summed E-state index contributed by atoms with van der Waals surface area (Å²) in [6.07, 6.45) is 17.2. The van der Waals surface area contributed by atoms with Gasteiger partial charge >= 0.3 is 7.82 Å². The molecule has 2 aliphatic rings. The molecule has 0 aromatic heterocycles. The van der Waals surface area contributed by atoms with Gasteiger partial charge in [0, 0.05) is 25.9 Å². The van der Waals surface area contributed by atoms with Gasteiger partial charge in [0.15, 0.2) is 0 Å². The number of unbranched alkanes of at least 4 members (excludes halogenated alkanes) is 8. The molecule has 0 unspecified atom stereocenters. The maximum atomic E-state index is 11.9. The fraction of sp³-hybridized carbons (Fsp3) is 0.923. The zero-order chi connectivity index (χ0) is 28.1. The molecule has 0 bridgehead atoms. The van der Waals surface area contributed by atoms with E-state index in [1.807, 2.05) is 9.80 Å². The number of hydrogen-bond acceptors (Lipinski definition) is 5. The summed E-state index contributed by atoms with van der Waals surface area (Å²) < 4.78 is 8.88. The van der Waals surface area contributed by atoms with Gasteiger partial charge in [-0.3, -0.25) is 9.59 Å². The molecule has 0 spiro atoms. The molecular formula is C26H53N2O8P. The van der Waals surface area contributed by atoms with Crippen LogP contribution in [0.4, 0.5) is 0 Å². The molecule has 0 radical (unpaired) electrons. The number of amides is 2. The molecule has 10 nitrogen and oxygen atoms in total. The first-order chi connectivity index (χ1) is 17.6. The van der Waals surface area contributed by atoms with Gasteiger partial charge < -0.3 is 34.7 Å². The minimum atomic E-state index is -4.64. The molecular weight excluding hydrogens is 499 g/mol. The van der Waals surface area contributed by atoms with Crippen LogP contribution >= 0.6 is 7.82 Å². The molecule has 0 aliphatic carbocycles. The van der Waals surface area contributed by atoms with Gasteiger partial charge in [-0.1, -0.05) is 65.2 Å². The molecule has 2 saturated heterocycles. The molecule has 5 N–H and O–H groups in total. The van der Waals surface area contributed by atoms with E-state index in [0.717, 1.165) is 64.5 Å². The van der Waals surface area contributed by atoms with E-state index in [1.165, 1.54) is 38.5 Å². The number of phosphoric acid groups is 1. The van der Waals surface area contributed by atoms with E-state index in [2.05, 4.69) is 13.8 Å². The molecule has 11 heteroatoms. The summed E-state index contributed by atoms with van der Waals surface area (Å²) in [5.74, 6) is 0.487. The minimum absolute atomic E-state index is 0.100. The van der Waals surface area contributed by atoms with Crippen LogP contribution in [0.2, 0.25) is 0 Å². The molecule has 0 saturated carbocycles. The predicted molar refractivity (Wildman–Crippen MR) is 145 cm³/mol. The quantitative estimate of drug-likeness (QED) is 0.161. The van der Waals surface area contributed by atoms with Crippen molar-refractivity contribution in [2.75, 3.05) is 26.3 Å². The van der Waals surface area contributed by atoms with Crippen LogP contribution < -0.4 is 0 Å². The fourth-order valence-electron chi connectivity index (χ4n) is 4.75. The first kappa shape index (κ1) is 36.0. The molecule has 2 rings (SSSR count). The van der Waals surface area contributed by atoms with Gasteiger partial charge in [-0.2, -0.15) is 0 Å². The Labute approximate surface area is 223 Å². The van der Waals surface area contributed by atoms with Crippen LogP contribution in [0.15, 0.2) is 0 Å². The van der Waals surface area contributed by atoms with E-state index < -0.39 is 7.82 Å². The van der Waals surface area contributed by atoms with Crippen LogP contribution in [0, 0.1) is 0 Å². The number of aliphatic hydroxyl groups excluding tert-OH is 2. The predicted octanol–water partition coefficient (Wildman–Crippen LogP) is 3.73. The topological polar surface area (TPSA) is 159 Å². The Balaban J connectivity index is 0.000000594. The van der Waals surface area contributed by atoms with Crippen LogP contribution in [-0.4, -0.2) is 84.9 Å². The van der Waals surface area contributed by atoms with Gasteiger partial charge in [-0.25, -0.2) is 4.57 Å². The average Bonchev–Trinajstić information content (AvgIpc) is 3.52. The zero-order valence-electron chi connectivity index (χ0n) is 23.1. The SMILES string of the molecule is CCCCCCCC(=O)N1CCC[C@H]1CO.CCCCCCCC(=O)N1CCC[C@H]1CO.O=P(O)(O)O. The monoisotopic (exact) mass is 552 g/mol. The maximum Gasteiger partial charge on any atom is 0.466 e. The number of hydrogen-bond donors (Lipinski definition) is 5. The van der Waals surface area contributed by atoms with Crippen LogP contribution in [0.3, 0.4) is 0 Å². The summed E-state index contributed by atoms with van der Waals surface area (Å²) in [5, 5.41) is 18.3. The van der Waals surface area contributed by atoms with Crippen molar-refractivity contribution >= 4 is 19.6 Å². The fourth-order valence-corrected chi connectivity index (χ4v) is 4.75. The summed E-state index contributed by atoms with van der Waals surface area (Å²) in [6.45, 7) is 6.34. The van der Waals surface area contributed by atoms with E-state index in [-0.39, 0.29) is 37.1 Å². The van der Waals surface area contributed by atoms with Crippen molar-refractivity contribution in [2.45, 2.75) is 129 Å². The third-order valence-corrected chi connectivity index (χ3v) is 6.80. The van der Waals surface area contributed by atoms with Crippen molar-refractivity contribution in [3.8, 4) is 0 Å². The second-order valence-electron chi connectivity index (χ2n) is 9.97. The van der Waals surface area contributed by atoms with Crippen LogP contribution in [0.5, 0.6) is 0 Å². The van der Waals surface area contributed by atoms with Gasteiger partial charge in [-0.05, 0) is 38.5 Å². The van der Waals surface area contributed by atoms with E-state index in [0.29, 0.717) is 12.8 Å². The van der Waals surface area contributed by atoms with Crippen LogP contribution in [0.1, 0.15) is 117 Å². The third kappa shape index (κ3) is 18.8. The lowest BCUT2D eigenvalue weighted by atomic mass is 10.1. The molecule has 2 aliphatic heterocycles. The highest BCUT2D eigenvalue weighted by Crippen LogP contribution is 2.26. The van der Waals surface area contributed by atoms with Gasteiger partial charge in [0.1, 0.15) is 0 Å². The summed E-state index contributed by atoms with van der Waals surface area (Å²) >= 11 is 0. The third-order valence-electron chi connectivity index (χ3n) is 6.80. The Morgan fingerprint density at radius 1 is 0.676 bits per heavy atom. The van der Waals surface area contributed by atoms with Crippen molar-refractivity contribution in [1.82, 2.24) is 9.80 Å². The van der Waals surface area contributed by atoms with Gasteiger partial charge in [0.25, 0.3) is 0 Å². The highest BCUT2D eigenvalue weighted by atomic mass is 31.2. The van der Waals surface area contributed by atoms with E-state index in [1.54, 1.807) is 0 Å². The molecule has 220 valence electrons. The first-order valence-corrected chi connectivity index (χ1v) is 15.7. The first-order valence-electron chi connectivity index (χ1n) is 14.2. The summed E-state index contributed by atoms with van der Waals surface area (Å²) in [5.41, 5.74) is 0. The number of nitrogens with zero attached hydrogens (tertiary/aromatic N) is 2. The number of carbonyl (C=O) groups excluding carboxylic acids is 2. The summed E-state index contributed by atoms with van der Waals surface area (Å²) in [4.78, 5) is 49.0. The Bertz CT molecular complexity index is 594. The highest BCUT2D eigenvalue weighted by molar-refractivity contribution is 7.45. The highest BCUT2D eigenvalue weighted by Gasteiger charge is 2.28. The largest absolute Gasteiger partial charge is 0.466 e. The van der Waals surface area contributed by atoms with Crippen LogP contribution in [0.25, 0.3) is 0 Å². The smallest absolute Gasteiger partial charge is 0.394 e. The molecule has 2 fully saturated rings.